The van der Waals surface area contributed by atoms with Crippen LogP contribution in [0.4, 0.5) is 23.1 Å². The molecule has 0 spiro atoms. The predicted molar refractivity (Wildman–Crippen MR) is 179 cm³/mol. The maximum Gasteiger partial charge on any atom is 0.322 e. The lowest BCUT2D eigenvalue weighted by molar-refractivity contribution is -0.142. The van der Waals surface area contributed by atoms with Crippen molar-refractivity contribution in [1.29, 1.82) is 0 Å². The van der Waals surface area contributed by atoms with Crippen LogP contribution in [0.3, 0.4) is 0 Å². The highest BCUT2D eigenvalue weighted by Crippen LogP contribution is 2.37. The third kappa shape index (κ3) is 6.87. The van der Waals surface area contributed by atoms with Gasteiger partial charge in [-0.1, -0.05) is 34.7 Å². The highest BCUT2D eigenvalue weighted by molar-refractivity contribution is 14.1. The van der Waals surface area contributed by atoms with Crippen LogP contribution in [0.2, 0.25) is 0 Å². The van der Waals surface area contributed by atoms with Crippen LogP contribution in [-0.2, 0) is 30.3 Å². The maximum atomic E-state index is 13.6. The topological polar surface area (TPSA) is 152 Å². The van der Waals surface area contributed by atoms with E-state index in [1.165, 1.54) is 7.11 Å². The quantitative estimate of drug-likeness (QED) is 0.142. The van der Waals surface area contributed by atoms with E-state index in [9.17, 15) is 18.0 Å². The molecule has 5 rings (SSSR count). The van der Waals surface area contributed by atoms with E-state index in [0.717, 1.165) is 11.1 Å². The number of hydrogen-bond acceptors (Lipinski definition) is 11. The van der Waals surface area contributed by atoms with Crippen LogP contribution >= 0.6 is 22.6 Å². The smallest absolute Gasteiger partial charge is 0.322 e. The second-order valence-electron chi connectivity index (χ2n) is 11.5. The fourth-order valence-electron chi connectivity index (χ4n) is 5.38. The van der Waals surface area contributed by atoms with Crippen molar-refractivity contribution in [2.24, 2.45) is 0 Å². The van der Waals surface area contributed by atoms with Crippen LogP contribution in [-0.4, -0.2) is 72.3 Å². The number of fused-ring (bicyclic) bond motifs is 1. The van der Waals surface area contributed by atoms with Gasteiger partial charge in [0.15, 0.2) is 9.84 Å². The molecule has 0 bridgehead atoms. The van der Waals surface area contributed by atoms with E-state index in [4.69, 9.17) is 14.5 Å². The summed E-state index contributed by atoms with van der Waals surface area (Å²) >= 11 is 2.21. The van der Waals surface area contributed by atoms with Crippen LogP contribution < -0.4 is 20.7 Å². The average Bonchev–Trinajstić information content (AvgIpc) is 3.62. The molecule has 2 aliphatic rings. The summed E-state index contributed by atoms with van der Waals surface area (Å²) in [4.78, 5) is 36.8. The minimum absolute atomic E-state index is 0.132. The number of carbonyl (C=O) groups is 2. The largest absolute Gasteiger partial charge is 0.489 e. The van der Waals surface area contributed by atoms with Gasteiger partial charge in [-0.15, -0.1) is 0 Å². The molecular weight excluding hydrogens is 711 g/mol. The van der Waals surface area contributed by atoms with Crippen LogP contribution in [0, 0.1) is 0 Å². The van der Waals surface area contributed by atoms with Crippen molar-refractivity contribution in [3.8, 4) is 5.75 Å². The molecule has 1 saturated heterocycles. The molecule has 2 atom stereocenters. The minimum atomic E-state index is -3.56. The molecule has 240 valence electrons. The summed E-state index contributed by atoms with van der Waals surface area (Å²) in [5.41, 5.74) is 3.08. The Balaban J connectivity index is 1.45. The van der Waals surface area contributed by atoms with E-state index in [1.807, 2.05) is 19.9 Å². The SMILES string of the molecule is COC(=O)[C@@H]1C[C@H](N2Cc3cc(OC(C)C)c(Nc4ncc(CI)c(Nc5ccccc5S(=O)(=O)C(C)C)n4)cc3C2=O)CN1. The minimum Gasteiger partial charge on any atom is -0.489 e. The van der Waals surface area contributed by atoms with Crippen molar-refractivity contribution in [3.63, 3.8) is 0 Å². The molecular formula is C31H37IN6O6S. The standard InChI is InChI=1S/C31H37IN6O6S/c1-17(2)44-26-10-19-16-38(21-11-25(33-15-21)30(40)43-5)29(39)22(19)12-24(26)36-31-34-14-20(13-32)28(37-31)35-23-8-6-7-9-27(23)45(41,42)18(3)4/h6-10,12,14,17-18,21,25,33H,11,13,15-16H2,1-5H3,(H2,34,35,36,37)/t21-,25-/m0/s1. The number of anilines is 4. The zero-order chi connectivity index (χ0) is 32.5. The molecule has 1 fully saturated rings. The van der Waals surface area contributed by atoms with Gasteiger partial charge in [0.2, 0.25) is 5.95 Å². The van der Waals surface area contributed by atoms with Crippen molar-refractivity contribution in [3.05, 3.63) is 59.3 Å². The number of aromatic nitrogens is 2. The van der Waals surface area contributed by atoms with Crippen LogP contribution in [0.1, 0.15) is 55.6 Å². The number of hydrogen-bond donors (Lipinski definition) is 3. The lowest BCUT2D eigenvalue weighted by Gasteiger charge is -2.22. The predicted octanol–water partition coefficient (Wildman–Crippen LogP) is 4.73. The highest BCUT2D eigenvalue weighted by Gasteiger charge is 2.40. The van der Waals surface area contributed by atoms with Crippen molar-refractivity contribution in [2.45, 2.75) is 73.4 Å². The highest BCUT2D eigenvalue weighted by atomic mass is 127. The van der Waals surface area contributed by atoms with Gasteiger partial charge in [-0.05, 0) is 63.9 Å². The second kappa shape index (κ2) is 13.5. The molecule has 2 aliphatic heterocycles. The molecule has 0 saturated carbocycles. The summed E-state index contributed by atoms with van der Waals surface area (Å²) in [5.74, 6) is 0.769. The number of esters is 1. The Kier molecular flexibility index (Phi) is 9.84. The number of alkyl halides is 1. The third-order valence-electron chi connectivity index (χ3n) is 7.76. The second-order valence-corrected chi connectivity index (χ2v) is 14.8. The van der Waals surface area contributed by atoms with Gasteiger partial charge in [0.25, 0.3) is 5.91 Å². The van der Waals surface area contributed by atoms with Gasteiger partial charge < -0.3 is 30.3 Å². The molecule has 0 aliphatic carbocycles. The maximum absolute atomic E-state index is 13.6. The molecule has 45 heavy (non-hydrogen) atoms. The summed E-state index contributed by atoms with van der Waals surface area (Å²) in [6.45, 7) is 8.03. The molecule has 0 unspecified atom stereocenters. The Labute approximate surface area is 276 Å². The van der Waals surface area contributed by atoms with Crippen LogP contribution in [0.15, 0.2) is 47.5 Å². The number of carbonyl (C=O) groups excluding carboxylic acids is 2. The number of benzene rings is 2. The lowest BCUT2D eigenvalue weighted by atomic mass is 10.1. The van der Waals surface area contributed by atoms with Gasteiger partial charge >= 0.3 is 5.97 Å². The average molecular weight is 749 g/mol. The molecule has 1 aromatic heterocycles. The van der Waals surface area contributed by atoms with Gasteiger partial charge in [-0.25, -0.2) is 13.4 Å². The van der Waals surface area contributed by atoms with E-state index >= 15 is 0 Å². The Hall–Kier alpha value is -3.50. The first-order valence-corrected chi connectivity index (χ1v) is 17.7. The fourth-order valence-corrected chi connectivity index (χ4v) is 7.14. The molecule has 0 radical (unpaired) electrons. The number of amides is 1. The molecule has 14 heteroatoms. The van der Waals surface area contributed by atoms with Crippen LogP contribution in [0.5, 0.6) is 5.75 Å². The number of sulfone groups is 1. The fraction of sp³-hybridized carbons (Fsp3) is 0.419. The Bertz CT molecular complexity index is 1720. The lowest BCUT2D eigenvalue weighted by Crippen LogP contribution is -2.36. The monoisotopic (exact) mass is 748 g/mol. The van der Waals surface area contributed by atoms with Gasteiger partial charge in [-0.3, -0.25) is 9.59 Å². The van der Waals surface area contributed by atoms with E-state index in [1.54, 1.807) is 55.3 Å². The number of nitrogens with zero attached hydrogens (tertiary/aromatic N) is 3. The summed E-state index contributed by atoms with van der Waals surface area (Å²) in [6, 6.07) is 9.77. The number of halogens is 1. The van der Waals surface area contributed by atoms with Gasteiger partial charge in [0, 0.05) is 40.9 Å². The van der Waals surface area contributed by atoms with E-state index < -0.39 is 21.1 Å². The molecule has 3 N–H and O–H groups in total. The number of nitrogens with one attached hydrogen (secondary N) is 3. The first-order valence-electron chi connectivity index (χ1n) is 14.7. The van der Waals surface area contributed by atoms with Crippen molar-refractivity contribution in [2.75, 3.05) is 24.3 Å². The zero-order valence-corrected chi connectivity index (χ0v) is 28.7. The zero-order valence-electron chi connectivity index (χ0n) is 25.8. The number of para-hydroxylation sites is 1. The summed E-state index contributed by atoms with van der Waals surface area (Å²) in [7, 11) is -2.20. The molecule has 12 nitrogen and oxygen atoms in total. The van der Waals surface area contributed by atoms with Gasteiger partial charge in [0.05, 0.1) is 34.7 Å². The number of methoxy groups -OCH3 is 1. The first kappa shape index (κ1) is 32.9. The Morgan fingerprint density at radius 2 is 1.91 bits per heavy atom. The Morgan fingerprint density at radius 1 is 1.16 bits per heavy atom. The van der Waals surface area contributed by atoms with Gasteiger partial charge in [-0.2, -0.15) is 4.98 Å². The number of ether oxygens (including phenoxy) is 2. The summed E-state index contributed by atoms with van der Waals surface area (Å²) in [6.07, 6.45) is 2.01. The molecule has 2 aromatic carbocycles. The van der Waals surface area contributed by atoms with Gasteiger partial charge in [0.1, 0.15) is 17.6 Å². The Morgan fingerprint density at radius 3 is 2.60 bits per heavy atom. The number of rotatable bonds is 11. The normalized spacial score (nSPS) is 18.0. The van der Waals surface area contributed by atoms with Crippen molar-refractivity contribution >= 4 is 67.4 Å². The molecule has 1 amide bonds. The van der Waals surface area contributed by atoms with E-state index in [2.05, 4.69) is 43.5 Å². The van der Waals surface area contributed by atoms with Crippen LogP contribution in [0.25, 0.3) is 0 Å². The first-order chi connectivity index (χ1) is 21.4. The molecule has 3 aromatic rings. The van der Waals surface area contributed by atoms with Crippen molar-refractivity contribution in [1.82, 2.24) is 20.2 Å². The summed E-state index contributed by atoms with van der Waals surface area (Å²) < 4.78 is 37.7. The molecule has 3 heterocycles. The summed E-state index contributed by atoms with van der Waals surface area (Å²) in [5, 5.41) is 9.01. The third-order valence-corrected chi connectivity index (χ3v) is 10.8. The van der Waals surface area contributed by atoms with Crippen molar-refractivity contribution < 1.29 is 27.5 Å². The van der Waals surface area contributed by atoms with E-state index in [0.29, 0.717) is 52.4 Å². The van der Waals surface area contributed by atoms with E-state index in [-0.39, 0.29) is 34.9 Å².